The maximum atomic E-state index is 11.6. The van der Waals surface area contributed by atoms with Crippen molar-refractivity contribution < 1.29 is 9.90 Å². The second-order valence-electron chi connectivity index (χ2n) is 10.2. The van der Waals surface area contributed by atoms with E-state index >= 15 is 0 Å². The van der Waals surface area contributed by atoms with Gasteiger partial charge in [-0.2, -0.15) is 0 Å². The number of hydrogen-bond acceptors (Lipinski definition) is 5. The van der Waals surface area contributed by atoms with Gasteiger partial charge < -0.3 is 15.8 Å². The van der Waals surface area contributed by atoms with Crippen molar-refractivity contribution in [2.45, 2.75) is 58.0 Å². The molecular formula is C26H29N5O2. The number of carbonyl (C=O) groups is 1. The van der Waals surface area contributed by atoms with E-state index in [-0.39, 0.29) is 11.1 Å². The fourth-order valence-corrected chi connectivity index (χ4v) is 5.65. The minimum atomic E-state index is -0.933. The van der Waals surface area contributed by atoms with Gasteiger partial charge >= 0.3 is 5.97 Å². The SMILES string of the molecule is CC1(C)CCCC(C)(C)N1n1cc(-c2ccc3c(C(=O)O)cccc3c2)c2c(N)ncnc21. The van der Waals surface area contributed by atoms with E-state index in [4.69, 9.17) is 5.73 Å². The molecule has 0 saturated carbocycles. The second-order valence-corrected chi connectivity index (χ2v) is 10.2. The highest BCUT2D eigenvalue weighted by Crippen LogP contribution is 2.41. The van der Waals surface area contributed by atoms with Crippen molar-refractivity contribution >= 4 is 33.6 Å². The number of aromatic nitrogens is 3. The van der Waals surface area contributed by atoms with Crippen molar-refractivity contribution in [2.24, 2.45) is 0 Å². The summed E-state index contributed by atoms with van der Waals surface area (Å²) in [4.78, 5) is 20.6. The van der Waals surface area contributed by atoms with Gasteiger partial charge in [-0.3, -0.25) is 0 Å². The summed E-state index contributed by atoms with van der Waals surface area (Å²) < 4.78 is 2.15. The average molecular weight is 444 g/mol. The maximum absolute atomic E-state index is 11.6. The predicted molar refractivity (Wildman–Crippen MR) is 132 cm³/mol. The Morgan fingerprint density at radius 1 is 1.06 bits per heavy atom. The first-order chi connectivity index (χ1) is 15.6. The third-order valence-electron chi connectivity index (χ3n) is 6.96. The molecule has 1 fully saturated rings. The number of nitrogens with zero attached hydrogens (tertiary/aromatic N) is 4. The van der Waals surface area contributed by atoms with Crippen LogP contribution in [0.2, 0.25) is 0 Å². The van der Waals surface area contributed by atoms with E-state index in [9.17, 15) is 9.90 Å². The van der Waals surface area contributed by atoms with Gasteiger partial charge in [0, 0.05) is 11.8 Å². The summed E-state index contributed by atoms with van der Waals surface area (Å²) in [7, 11) is 0. The second kappa shape index (κ2) is 7.20. The summed E-state index contributed by atoms with van der Waals surface area (Å²) in [5.41, 5.74) is 9.21. The summed E-state index contributed by atoms with van der Waals surface area (Å²) in [6, 6.07) is 11.2. The molecule has 1 saturated heterocycles. The van der Waals surface area contributed by atoms with Gasteiger partial charge in [0.25, 0.3) is 0 Å². The van der Waals surface area contributed by atoms with E-state index < -0.39 is 5.97 Å². The molecule has 7 heteroatoms. The molecular weight excluding hydrogens is 414 g/mol. The number of nitrogen functional groups attached to an aromatic ring is 1. The molecule has 5 rings (SSSR count). The van der Waals surface area contributed by atoms with Crippen LogP contribution in [0.15, 0.2) is 48.9 Å². The van der Waals surface area contributed by atoms with Gasteiger partial charge in [-0.1, -0.05) is 24.3 Å². The van der Waals surface area contributed by atoms with E-state index in [0.717, 1.165) is 40.4 Å². The van der Waals surface area contributed by atoms with Crippen LogP contribution < -0.4 is 10.7 Å². The lowest BCUT2D eigenvalue weighted by Crippen LogP contribution is -2.64. The van der Waals surface area contributed by atoms with Gasteiger partial charge in [-0.25, -0.2) is 19.4 Å². The van der Waals surface area contributed by atoms with Crippen LogP contribution in [0.25, 0.3) is 32.9 Å². The van der Waals surface area contributed by atoms with Crippen molar-refractivity contribution in [1.29, 1.82) is 0 Å². The molecule has 4 aromatic rings. The van der Waals surface area contributed by atoms with Gasteiger partial charge in [0.1, 0.15) is 12.1 Å². The van der Waals surface area contributed by atoms with Crippen molar-refractivity contribution in [3.8, 4) is 11.1 Å². The number of fused-ring (bicyclic) bond motifs is 2. The molecule has 0 radical (unpaired) electrons. The normalized spacial score (nSPS) is 17.5. The number of hydrogen-bond donors (Lipinski definition) is 2. The number of anilines is 1. The van der Waals surface area contributed by atoms with E-state index in [1.165, 1.54) is 12.7 Å². The van der Waals surface area contributed by atoms with E-state index in [2.05, 4.69) is 53.5 Å². The molecule has 7 nitrogen and oxygen atoms in total. The molecule has 0 amide bonds. The topological polar surface area (TPSA) is 97.3 Å². The highest BCUT2D eigenvalue weighted by Gasteiger charge is 2.42. The molecule has 1 aliphatic rings. The highest BCUT2D eigenvalue weighted by molar-refractivity contribution is 6.06. The number of carboxylic acids is 1. The molecule has 3 N–H and O–H groups in total. The lowest BCUT2D eigenvalue weighted by Gasteiger charge is -2.54. The summed E-state index contributed by atoms with van der Waals surface area (Å²) >= 11 is 0. The number of piperidine rings is 1. The van der Waals surface area contributed by atoms with Crippen LogP contribution in [0, 0.1) is 0 Å². The first-order valence-electron chi connectivity index (χ1n) is 11.3. The largest absolute Gasteiger partial charge is 0.478 e. The minimum absolute atomic E-state index is 0.0650. The third-order valence-corrected chi connectivity index (χ3v) is 6.96. The summed E-state index contributed by atoms with van der Waals surface area (Å²) in [5.74, 6) is -0.502. The first kappa shape index (κ1) is 21.2. The molecule has 0 aliphatic carbocycles. The average Bonchev–Trinajstić information content (AvgIpc) is 3.12. The number of carboxylic acid groups (broad SMARTS) is 1. The van der Waals surface area contributed by atoms with Gasteiger partial charge in [0.15, 0.2) is 5.65 Å². The van der Waals surface area contributed by atoms with Crippen LogP contribution in [0.3, 0.4) is 0 Å². The van der Waals surface area contributed by atoms with Gasteiger partial charge in [-0.15, -0.1) is 0 Å². The molecule has 0 atom stereocenters. The standard InChI is InChI=1S/C26H29N5O2/c1-25(2)11-6-12-26(3,4)31(25)30-14-20(21-22(27)28-15-29-23(21)30)17-9-10-18-16(13-17)7-5-8-19(18)24(32)33/h5,7-10,13-15H,6,11-12H2,1-4H3,(H,32,33)(H2,27,28,29). The zero-order chi connectivity index (χ0) is 23.5. The van der Waals surface area contributed by atoms with Gasteiger partial charge in [-0.05, 0) is 75.4 Å². The zero-order valence-electron chi connectivity index (χ0n) is 19.5. The molecule has 1 aliphatic heterocycles. The number of rotatable bonds is 3. The molecule has 0 spiro atoms. The Morgan fingerprint density at radius 2 is 1.79 bits per heavy atom. The van der Waals surface area contributed by atoms with Crippen LogP contribution >= 0.6 is 0 Å². The number of benzene rings is 2. The van der Waals surface area contributed by atoms with Crippen molar-refractivity contribution in [3.05, 3.63) is 54.5 Å². The van der Waals surface area contributed by atoms with Crippen molar-refractivity contribution in [2.75, 3.05) is 10.7 Å². The van der Waals surface area contributed by atoms with Crippen LogP contribution in [-0.2, 0) is 0 Å². The first-order valence-corrected chi connectivity index (χ1v) is 11.3. The van der Waals surface area contributed by atoms with Gasteiger partial charge in [0.05, 0.1) is 22.0 Å². The smallest absolute Gasteiger partial charge is 0.336 e. The van der Waals surface area contributed by atoms with Crippen molar-refractivity contribution in [3.63, 3.8) is 0 Å². The third kappa shape index (κ3) is 3.30. The molecule has 0 unspecified atom stereocenters. The van der Waals surface area contributed by atoms with Gasteiger partial charge in [0.2, 0.25) is 0 Å². The Hall–Kier alpha value is -3.61. The molecule has 2 aromatic carbocycles. The molecule has 170 valence electrons. The predicted octanol–water partition coefficient (Wildman–Crippen LogP) is 5.21. The Kier molecular flexibility index (Phi) is 4.64. The van der Waals surface area contributed by atoms with E-state index in [0.29, 0.717) is 16.8 Å². The quantitative estimate of drug-likeness (QED) is 0.451. The minimum Gasteiger partial charge on any atom is -0.478 e. The lowest BCUT2D eigenvalue weighted by atomic mass is 9.81. The molecule has 33 heavy (non-hydrogen) atoms. The number of aromatic carboxylic acids is 1. The highest BCUT2D eigenvalue weighted by atomic mass is 16.4. The summed E-state index contributed by atoms with van der Waals surface area (Å²) in [6.07, 6.45) is 6.96. The van der Waals surface area contributed by atoms with Crippen LogP contribution in [0.4, 0.5) is 5.82 Å². The Labute approximate surface area is 192 Å². The van der Waals surface area contributed by atoms with Crippen LogP contribution in [0.5, 0.6) is 0 Å². The Balaban J connectivity index is 1.77. The lowest BCUT2D eigenvalue weighted by molar-refractivity contribution is 0.0699. The van der Waals surface area contributed by atoms with Crippen LogP contribution in [-0.4, -0.2) is 36.8 Å². The molecule has 3 heterocycles. The monoisotopic (exact) mass is 443 g/mol. The molecule has 0 bridgehead atoms. The maximum Gasteiger partial charge on any atom is 0.336 e. The fraction of sp³-hybridized carbons (Fsp3) is 0.346. The fourth-order valence-electron chi connectivity index (χ4n) is 5.65. The van der Waals surface area contributed by atoms with Crippen molar-refractivity contribution in [1.82, 2.24) is 14.6 Å². The van der Waals surface area contributed by atoms with Crippen LogP contribution in [0.1, 0.15) is 57.3 Å². The zero-order valence-corrected chi connectivity index (χ0v) is 19.5. The molecule has 2 aromatic heterocycles. The Bertz CT molecular complexity index is 1390. The number of nitrogens with two attached hydrogens (primary N) is 1. The summed E-state index contributed by atoms with van der Waals surface area (Å²) in [5, 5.41) is 14.4. The Morgan fingerprint density at radius 3 is 2.48 bits per heavy atom. The van der Waals surface area contributed by atoms with E-state index in [1.807, 2.05) is 24.3 Å². The van der Waals surface area contributed by atoms with E-state index in [1.54, 1.807) is 12.1 Å². The summed E-state index contributed by atoms with van der Waals surface area (Å²) in [6.45, 7) is 9.08.